The molecule has 0 radical (unpaired) electrons. The SMILES string of the molecule is CC(C)(C)c1n[nH]c(C2CN(C(=O)CC3C=CCC3)CCO2)n1. The molecule has 0 spiro atoms. The van der Waals surface area contributed by atoms with Gasteiger partial charge >= 0.3 is 0 Å². The number of hydrogen-bond donors (Lipinski definition) is 1. The first kappa shape index (κ1) is 16.2. The number of aromatic nitrogens is 3. The van der Waals surface area contributed by atoms with Crippen LogP contribution in [0.2, 0.25) is 0 Å². The van der Waals surface area contributed by atoms with Crippen molar-refractivity contribution in [3.8, 4) is 0 Å². The molecule has 23 heavy (non-hydrogen) atoms. The average Bonchev–Trinajstić information content (AvgIpc) is 3.18. The second-order valence-corrected chi connectivity index (χ2v) is 7.46. The zero-order chi connectivity index (χ0) is 16.4. The van der Waals surface area contributed by atoms with Gasteiger partial charge in [0.1, 0.15) is 6.10 Å². The number of hydrogen-bond acceptors (Lipinski definition) is 4. The summed E-state index contributed by atoms with van der Waals surface area (Å²) in [6, 6.07) is 0. The Kier molecular flexibility index (Phi) is 4.53. The van der Waals surface area contributed by atoms with Crippen LogP contribution >= 0.6 is 0 Å². The van der Waals surface area contributed by atoms with Crippen LogP contribution in [0, 0.1) is 5.92 Å². The molecule has 1 amide bonds. The van der Waals surface area contributed by atoms with Gasteiger partial charge in [-0.2, -0.15) is 5.10 Å². The van der Waals surface area contributed by atoms with Gasteiger partial charge in [-0.15, -0.1) is 0 Å². The van der Waals surface area contributed by atoms with Crippen LogP contribution in [0.25, 0.3) is 0 Å². The maximum atomic E-state index is 12.5. The van der Waals surface area contributed by atoms with Gasteiger partial charge in [0.2, 0.25) is 5.91 Å². The highest BCUT2D eigenvalue weighted by atomic mass is 16.5. The van der Waals surface area contributed by atoms with Crippen LogP contribution in [0.5, 0.6) is 0 Å². The summed E-state index contributed by atoms with van der Waals surface area (Å²) < 4.78 is 5.80. The van der Waals surface area contributed by atoms with E-state index < -0.39 is 0 Å². The van der Waals surface area contributed by atoms with E-state index in [1.165, 1.54) is 0 Å². The molecule has 6 nitrogen and oxygen atoms in total. The number of carbonyl (C=O) groups is 1. The molecular weight excluding hydrogens is 292 g/mol. The Balaban J connectivity index is 1.62. The van der Waals surface area contributed by atoms with Crippen LogP contribution in [0.4, 0.5) is 0 Å². The van der Waals surface area contributed by atoms with Crippen molar-refractivity contribution >= 4 is 5.91 Å². The number of allylic oxidation sites excluding steroid dienone is 2. The lowest BCUT2D eigenvalue weighted by molar-refractivity contribution is -0.140. The molecule has 1 aromatic rings. The van der Waals surface area contributed by atoms with Crippen molar-refractivity contribution in [1.82, 2.24) is 20.1 Å². The van der Waals surface area contributed by atoms with Crippen LogP contribution in [0.1, 0.15) is 57.8 Å². The first-order chi connectivity index (χ1) is 10.9. The Labute approximate surface area is 137 Å². The van der Waals surface area contributed by atoms with Gasteiger partial charge < -0.3 is 9.64 Å². The monoisotopic (exact) mass is 318 g/mol. The summed E-state index contributed by atoms with van der Waals surface area (Å²) in [6.45, 7) is 7.98. The van der Waals surface area contributed by atoms with E-state index in [2.05, 4.69) is 48.1 Å². The zero-order valence-electron chi connectivity index (χ0n) is 14.2. The van der Waals surface area contributed by atoms with Gasteiger partial charge in [-0.05, 0) is 18.8 Å². The first-order valence-electron chi connectivity index (χ1n) is 8.42. The number of nitrogens with zero attached hydrogens (tertiary/aromatic N) is 3. The van der Waals surface area contributed by atoms with E-state index in [0.29, 0.717) is 37.9 Å². The Morgan fingerprint density at radius 1 is 1.48 bits per heavy atom. The molecule has 0 aromatic carbocycles. The topological polar surface area (TPSA) is 71.1 Å². The number of rotatable bonds is 3. The predicted octanol–water partition coefficient (Wildman–Crippen LogP) is 2.36. The third-order valence-electron chi connectivity index (χ3n) is 4.45. The lowest BCUT2D eigenvalue weighted by Crippen LogP contribution is -2.43. The molecule has 2 aliphatic rings. The van der Waals surface area contributed by atoms with Gasteiger partial charge in [0, 0.05) is 18.4 Å². The Morgan fingerprint density at radius 3 is 2.96 bits per heavy atom. The fraction of sp³-hybridized carbons (Fsp3) is 0.706. The van der Waals surface area contributed by atoms with Gasteiger partial charge in [-0.1, -0.05) is 32.9 Å². The molecule has 1 aromatic heterocycles. The molecule has 2 unspecified atom stereocenters. The van der Waals surface area contributed by atoms with Crippen molar-refractivity contribution in [3.05, 3.63) is 23.8 Å². The normalized spacial score (nSPS) is 25.1. The van der Waals surface area contributed by atoms with E-state index in [9.17, 15) is 4.79 Å². The van der Waals surface area contributed by atoms with Crippen LogP contribution < -0.4 is 0 Å². The summed E-state index contributed by atoms with van der Waals surface area (Å²) in [6.07, 6.45) is 6.92. The second-order valence-electron chi connectivity index (χ2n) is 7.46. The van der Waals surface area contributed by atoms with E-state index in [1.54, 1.807) is 0 Å². The minimum Gasteiger partial charge on any atom is -0.367 e. The maximum absolute atomic E-state index is 12.5. The smallest absolute Gasteiger partial charge is 0.223 e. The van der Waals surface area contributed by atoms with Crippen LogP contribution in [-0.2, 0) is 14.9 Å². The van der Waals surface area contributed by atoms with Crippen molar-refractivity contribution in [1.29, 1.82) is 0 Å². The van der Waals surface area contributed by atoms with E-state index in [1.807, 2.05) is 4.90 Å². The fourth-order valence-corrected chi connectivity index (χ4v) is 3.01. The molecule has 1 aliphatic carbocycles. The van der Waals surface area contributed by atoms with E-state index in [0.717, 1.165) is 18.7 Å². The molecule has 1 saturated heterocycles. The van der Waals surface area contributed by atoms with Crippen molar-refractivity contribution in [2.24, 2.45) is 5.92 Å². The average molecular weight is 318 g/mol. The second kappa shape index (κ2) is 6.43. The number of amides is 1. The van der Waals surface area contributed by atoms with Gasteiger partial charge in [0.15, 0.2) is 11.6 Å². The number of nitrogens with one attached hydrogen (secondary N) is 1. The molecule has 1 fully saturated rings. The summed E-state index contributed by atoms with van der Waals surface area (Å²) in [4.78, 5) is 18.9. The van der Waals surface area contributed by atoms with E-state index in [4.69, 9.17) is 4.74 Å². The molecule has 126 valence electrons. The third-order valence-corrected chi connectivity index (χ3v) is 4.45. The highest BCUT2D eigenvalue weighted by Gasteiger charge is 2.30. The third kappa shape index (κ3) is 3.80. The first-order valence-corrected chi connectivity index (χ1v) is 8.42. The molecule has 2 heterocycles. The summed E-state index contributed by atoms with van der Waals surface area (Å²) in [5.41, 5.74) is -0.103. The highest BCUT2D eigenvalue weighted by molar-refractivity contribution is 5.76. The minimum absolute atomic E-state index is 0.103. The number of ether oxygens (including phenoxy) is 1. The van der Waals surface area contributed by atoms with Gasteiger partial charge in [-0.25, -0.2) is 4.98 Å². The Bertz CT molecular complexity index is 588. The number of carbonyl (C=O) groups excluding carboxylic acids is 1. The number of H-pyrrole nitrogens is 1. The van der Waals surface area contributed by atoms with Gasteiger partial charge in [0.05, 0.1) is 13.2 Å². The maximum Gasteiger partial charge on any atom is 0.223 e. The molecular formula is C17H26N4O2. The van der Waals surface area contributed by atoms with Crippen LogP contribution in [0.15, 0.2) is 12.2 Å². The van der Waals surface area contributed by atoms with Crippen molar-refractivity contribution in [3.63, 3.8) is 0 Å². The summed E-state index contributed by atoms with van der Waals surface area (Å²) in [5.74, 6) is 2.11. The minimum atomic E-state index is -0.213. The molecule has 3 rings (SSSR count). The van der Waals surface area contributed by atoms with Gasteiger partial charge in [0.25, 0.3) is 0 Å². The summed E-state index contributed by atoms with van der Waals surface area (Å²) in [7, 11) is 0. The quantitative estimate of drug-likeness (QED) is 0.869. The Morgan fingerprint density at radius 2 is 2.30 bits per heavy atom. The lowest BCUT2D eigenvalue weighted by atomic mass is 9.96. The number of aromatic amines is 1. The van der Waals surface area contributed by atoms with Crippen molar-refractivity contribution < 1.29 is 9.53 Å². The fourth-order valence-electron chi connectivity index (χ4n) is 3.01. The molecule has 1 N–H and O–H groups in total. The lowest BCUT2D eigenvalue weighted by Gasteiger charge is -2.32. The van der Waals surface area contributed by atoms with Crippen molar-refractivity contribution in [2.75, 3.05) is 19.7 Å². The molecule has 0 saturated carbocycles. The predicted molar refractivity (Wildman–Crippen MR) is 86.8 cm³/mol. The van der Waals surface area contributed by atoms with E-state index >= 15 is 0 Å². The summed E-state index contributed by atoms with van der Waals surface area (Å²) >= 11 is 0. The molecule has 6 heteroatoms. The summed E-state index contributed by atoms with van der Waals surface area (Å²) in [5, 5.41) is 7.27. The van der Waals surface area contributed by atoms with Crippen molar-refractivity contribution in [2.45, 2.75) is 51.6 Å². The highest BCUT2D eigenvalue weighted by Crippen LogP contribution is 2.25. The standard InChI is InChI=1S/C17H26N4O2/c1-17(2,3)16-18-15(19-20-16)13-11-21(8-9-23-13)14(22)10-12-6-4-5-7-12/h4,6,12-13H,5,7-11H2,1-3H3,(H,18,19,20). The molecule has 1 aliphatic heterocycles. The Hall–Kier alpha value is -1.69. The van der Waals surface area contributed by atoms with E-state index in [-0.39, 0.29) is 17.4 Å². The number of morpholine rings is 1. The van der Waals surface area contributed by atoms with Gasteiger partial charge in [-0.3, -0.25) is 9.89 Å². The molecule has 0 bridgehead atoms. The van der Waals surface area contributed by atoms with Crippen LogP contribution in [-0.4, -0.2) is 45.7 Å². The largest absolute Gasteiger partial charge is 0.367 e. The zero-order valence-corrected chi connectivity index (χ0v) is 14.2. The molecule has 2 atom stereocenters. The van der Waals surface area contributed by atoms with Crippen LogP contribution in [0.3, 0.4) is 0 Å².